The molecule has 96 valence electrons. The van der Waals surface area contributed by atoms with Gasteiger partial charge in [-0.1, -0.05) is 13.8 Å². The van der Waals surface area contributed by atoms with Gasteiger partial charge in [0, 0.05) is 6.61 Å². The molecule has 0 aliphatic rings. The Bertz CT molecular complexity index is 353. The number of aromatic nitrogens is 1. The predicted octanol–water partition coefficient (Wildman–Crippen LogP) is 2.45. The van der Waals surface area contributed by atoms with Crippen molar-refractivity contribution in [2.45, 2.75) is 33.7 Å². The maximum absolute atomic E-state index is 5.74. The molecule has 1 rings (SSSR count). The van der Waals surface area contributed by atoms with Crippen molar-refractivity contribution < 1.29 is 4.74 Å². The standard InChI is InChI=1S/C13H23N3O/c1-5-17-8-12(9(2)3)16-13-7-6-11(14)10(4)15-13/h6-7,9,12H,5,8,14H2,1-4H3,(H,15,16). The first-order valence-corrected chi connectivity index (χ1v) is 6.12. The first-order valence-electron chi connectivity index (χ1n) is 6.12. The van der Waals surface area contributed by atoms with E-state index >= 15 is 0 Å². The van der Waals surface area contributed by atoms with E-state index in [0.717, 1.165) is 23.8 Å². The number of hydrogen-bond acceptors (Lipinski definition) is 4. The molecule has 4 heteroatoms. The van der Waals surface area contributed by atoms with Crippen LogP contribution in [0.5, 0.6) is 0 Å². The SMILES string of the molecule is CCOCC(Nc1ccc(N)c(C)n1)C(C)C. The van der Waals surface area contributed by atoms with Crippen molar-refractivity contribution in [3.63, 3.8) is 0 Å². The van der Waals surface area contributed by atoms with Gasteiger partial charge in [0.25, 0.3) is 0 Å². The molecule has 4 nitrogen and oxygen atoms in total. The van der Waals surface area contributed by atoms with Gasteiger partial charge in [0.2, 0.25) is 0 Å². The van der Waals surface area contributed by atoms with Crippen molar-refractivity contribution in [2.75, 3.05) is 24.3 Å². The maximum Gasteiger partial charge on any atom is 0.126 e. The summed E-state index contributed by atoms with van der Waals surface area (Å²) >= 11 is 0. The van der Waals surface area contributed by atoms with Crippen LogP contribution in [0.25, 0.3) is 0 Å². The molecule has 1 heterocycles. The molecule has 0 saturated heterocycles. The van der Waals surface area contributed by atoms with Crippen LogP contribution >= 0.6 is 0 Å². The molecule has 3 N–H and O–H groups in total. The van der Waals surface area contributed by atoms with Gasteiger partial charge in [-0.25, -0.2) is 4.98 Å². The van der Waals surface area contributed by atoms with Crippen molar-refractivity contribution in [1.82, 2.24) is 4.98 Å². The van der Waals surface area contributed by atoms with E-state index in [0.29, 0.717) is 12.5 Å². The number of nitrogen functional groups attached to an aromatic ring is 1. The minimum Gasteiger partial charge on any atom is -0.397 e. The predicted molar refractivity (Wildman–Crippen MR) is 72.1 cm³/mol. The van der Waals surface area contributed by atoms with E-state index in [1.165, 1.54) is 0 Å². The van der Waals surface area contributed by atoms with Gasteiger partial charge in [0.15, 0.2) is 0 Å². The van der Waals surface area contributed by atoms with E-state index in [1.54, 1.807) is 0 Å². The number of rotatable bonds is 6. The van der Waals surface area contributed by atoms with E-state index in [1.807, 2.05) is 26.0 Å². The van der Waals surface area contributed by atoms with E-state index in [2.05, 4.69) is 24.1 Å². The van der Waals surface area contributed by atoms with Gasteiger partial charge in [-0.15, -0.1) is 0 Å². The van der Waals surface area contributed by atoms with Gasteiger partial charge in [0.1, 0.15) is 5.82 Å². The molecule has 0 amide bonds. The van der Waals surface area contributed by atoms with Crippen molar-refractivity contribution in [3.8, 4) is 0 Å². The summed E-state index contributed by atoms with van der Waals surface area (Å²) in [6.45, 7) is 9.68. The Balaban J connectivity index is 2.68. The second-order valence-electron chi connectivity index (χ2n) is 4.53. The number of aryl methyl sites for hydroxylation is 1. The van der Waals surface area contributed by atoms with Crippen LogP contribution in [0.2, 0.25) is 0 Å². The molecule has 1 aromatic rings. The fourth-order valence-electron chi connectivity index (χ4n) is 1.49. The lowest BCUT2D eigenvalue weighted by molar-refractivity contribution is 0.126. The Morgan fingerprint density at radius 1 is 1.41 bits per heavy atom. The monoisotopic (exact) mass is 237 g/mol. The molecule has 1 atom stereocenters. The summed E-state index contributed by atoms with van der Waals surface area (Å²) in [6, 6.07) is 4.05. The highest BCUT2D eigenvalue weighted by molar-refractivity contribution is 5.49. The lowest BCUT2D eigenvalue weighted by atomic mass is 10.1. The highest BCUT2D eigenvalue weighted by Gasteiger charge is 2.13. The molecule has 0 aliphatic carbocycles. The fourth-order valence-corrected chi connectivity index (χ4v) is 1.49. The van der Waals surface area contributed by atoms with Crippen molar-refractivity contribution in [1.29, 1.82) is 0 Å². The molecule has 0 bridgehead atoms. The van der Waals surface area contributed by atoms with Crippen LogP contribution in [-0.2, 0) is 4.74 Å². The number of nitrogens with one attached hydrogen (secondary N) is 1. The normalized spacial score (nSPS) is 12.8. The van der Waals surface area contributed by atoms with Crippen molar-refractivity contribution >= 4 is 11.5 Å². The average Bonchev–Trinajstić information content (AvgIpc) is 2.28. The Morgan fingerprint density at radius 2 is 2.12 bits per heavy atom. The van der Waals surface area contributed by atoms with E-state index in [9.17, 15) is 0 Å². The number of anilines is 2. The molecule has 0 radical (unpaired) electrons. The zero-order valence-corrected chi connectivity index (χ0v) is 11.2. The van der Waals surface area contributed by atoms with Gasteiger partial charge in [0.05, 0.1) is 24.0 Å². The van der Waals surface area contributed by atoms with E-state index < -0.39 is 0 Å². The molecule has 0 saturated carbocycles. The van der Waals surface area contributed by atoms with Crippen molar-refractivity contribution in [2.24, 2.45) is 5.92 Å². The third-order valence-electron chi connectivity index (χ3n) is 2.77. The summed E-state index contributed by atoms with van der Waals surface area (Å²) in [4.78, 5) is 4.41. The third kappa shape index (κ3) is 4.23. The lowest BCUT2D eigenvalue weighted by Crippen LogP contribution is -2.31. The quantitative estimate of drug-likeness (QED) is 0.798. The summed E-state index contributed by atoms with van der Waals surface area (Å²) in [5.74, 6) is 1.34. The molecule has 1 aromatic heterocycles. The lowest BCUT2D eigenvalue weighted by Gasteiger charge is -2.23. The van der Waals surface area contributed by atoms with Crippen LogP contribution < -0.4 is 11.1 Å². The first-order chi connectivity index (χ1) is 8.04. The average molecular weight is 237 g/mol. The zero-order chi connectivity index (χ0) is 12.8. The molecule has 0 fully saturated rings. The van der Waals surface area contributed by atoms with Crippen LogP contribution in [0.15, 0.2) is 12.1 Å². The van der Waals surface area contributed by atoms with Gasteiger partial charge in [-0.3, -0.25) is 0 Å². The molecule has 17 heavy (non-hydrogen) atoms. The minimum absolute atomic E-state index is 0.269. The third-order valence-corrected chi connectivity index (χ3v) is 2.77. The Morgan fingerprint density at radius 3 is 2.65 bits per heavy atom. The number of nitrogens with zero attached hydrogens (tertiary/aromatic N) is 1. The van der Waals surface area contributed by atoms with E-state index in [-0.39, 0.29) is 6.04 Å². The number of pyridine rings is 1. The van der Waals surface area contributed by atoms with E-state index in [4.69, 9.17) is 10.5 Å². The van der Waals surface area contributed by atoms with Gasteiger partial charge >= 0.3 is 0 Å². The van der Waals surface area contributed by atoms with Crippen LogP contribution in [0, 0.1) is 12.8 Å². The molecular formula is C13H23N3O. The van der Waals surface area contributed by atoms with Crippen LogP contribution in [0.3, 0.4) is 0 Å². The summed E-state index contributed by atoms with van der Waals surface area (Å²) < 4.78 is 5.47. The molecular weight excluding hydrogens is 214 g/mol. The number of hydrogen-bond donors (Lipinski definition) is 2. The number of nitrogens with two attached hydrogens (primary N) is 1. The Labute approximate surface area is 104 Å². The summed E-state index contributed by atoms with van der Waals surface area (Å²) in [6.07, 6.45) is 0. The van der Waals surface area contributed by atoms with Gasteiger partial charge in [-0.2, -0.15) is 0 Å². The van der Waals surface area contributed by atoms with Crippen molar-refractivity contribution in [3.05, 3.63) is 17.8 Å². The second-order valence-corrected chi connectivity index (χ2v) is 4.53. The van der Waals surface area contributed by atoms with Crippen LogP contribution in [0.1, 0.15) is 26.5 Å². The highest BCUT2D eigenvalue weighted by atomic mass is 16.5. The molecule has 1 unspecified atom stereocenters. The zero-order valence-electron chi connectivity index (χ0n) is 11.2. The van der Waals surface area contributed by atoms with Crippen LogP contribution in [0.4, 0.5) is 11.5 Å². The Kier molecular flexibility index (Phi) is 5.22. The summed E-state index contributed by atoms with van der Waals surface area (Å²) in [7, 11) is 0. The largest absolute Gasteiger partial charge is 0.397 e. The van der Waals surface area contributed by atoms with Crippen LogP contribution in [-0.4, -0.2) is 24.2 Å². The minimum atomic E-state index is 0.269. The summed E-state index contributed by atoms with van der Waals surface area (Å²) in [5.41, 5.74) is 7.32. The maximum atomic E-state index is 5.74. The number of ether oxygens (including phenoxy) is 1. The Hall–Kier alpha value is -1.29. The van der Waals surface area contributed by atoms with Gasteiger partial charge in [-0.05, 0) is 31.9 Å². The highest BCUT2D eigenvalue weighted by Crippen LogP contribution is 2.15. The molecule has 0 spiro atoms. The van der Waals surface area contributed by atoms with Gasteiger partial charge < -0.3 is 15.8 Å². The second kappa shape index (κ2) is 6.45. The fraction of sp³-hybridized carbons (Fsp3) is 0.615. The molecule has 0 aliphatic heterocycles. The molecule has 0 aromatic carbocycles. The smallest absolute Gasteiger partial charge is 0.126 e. The first kappa shape index (κ1) is 13.8. The topological polar surface area (TPSA) is 60.2 Å². The summed E-state index contributed by atoms with van der Waals surface area (Å²) in [5, 5.41) is 3.39.